The van der Waals surface area contributed by atoms with Gasteiger partial charge in [0.05, 0.1) is 0 Å². The van der Waals surface area contributed by atoms with Crippen molar-refractivity contribution in [1.82, 2.24) is 0 Å². The zero-order chi connectivity index (χ0) is 16.1. The topological polar surface area (TPSA) is 40.5 Å². The number of hydrogen-bond acceptors (Lipinski definition) is 2. The van der Waals surface area contributed by atoms with Crippen LogP contribution in [0, 0.1) is 23.7 Å². The molecule has 2 N–H and O–H groups in total. The van der Waals surface area contributed by atoms with Crippen LogP contribution in [-0.2, 0) is 0 Å². The number of hydrogen-bond donors (Lipinski definition) is 2. The van der Waals surface area contributed by atoms with Gasteiger partial charge in [0.2, 0.25) is 0 Å². The second-order valence-corrected chi connectivity index (χ2v) is 7.63. The molecule has 0 rings (SSSR count). The minimum atomic E-state index is 0.322. The van der Waals surface area contributed by atoms with Gasteiger partial charge < -0.3 is 10.2 Å². The average Bonchev–Trinajstić information content (AvgIpc) is 2.45. The van der Waals surface area contributed by atoms with Gasteiger partial charge in [0.1, 0.15) is 0 Å². The monoisotopic (exact) mass is 300 g/mol. The van der Waals surface area contributed by atoms with E-state index in [9.17, 15) is 5.11 Å². The van der Waals surface area contributed by atoms with E-state index in [1.807, 2.05) is 0 Å². The Morgan fingerprint density at radius 3 is 1.52 bits per heavy atom. The first kappa shape index (κ1) is 20.9. The highest BCUT2D eigenvalue weighted by atomic mass is 16.3. The molecule has 2 nitrogen and oxygen atoms in total. The van der Waals surface area contributed by atoms with Crippen molar-refractivity contribution < 1.29 is 10.2 Å². The van der Waals surface area contributed by atoms with Crippen LogP contribution >= 0.6 is 0 Å². The fourth-order valence-electron chi connectivity index (χ4n) is 2.95. The first-order valence-electron chi connectivity index (χ1n) is 9.21. The van der Waals surface area contributed by atoms with Crippen LogP contribution < -0.4 is 0 Å². The molecule has 2 heteroatoms. The minimum Gasteiger partial charge on any atom is -0.396 e. The highest BCUT2D eigenvalue weighted by Crippen LogP contribution is 2.22. The van der Waals surface area contributed by atoms with E-state index in [1.165, 1.54) is 51.4 Å². The van der Waals surface area contributed by atoms with Crippen molar-refractivity contribution in [2.75, 3.05) is 13.2 Å². The second-order valence-electron chi connectivity index (χ2n) is 7.63. The lowest BCUT2D eigenvalue weighted by atomic mass is 9.90. The van der Waals surface area contributed by atoms with Gasteiger partial charge in [0.15, 0.2) is 0 Å². The third kappa shape index (κ3) is 13.3. The Kier molecular flexibility index (Phi) is 13.5. The van der Waals surface area contributed by atoms with Gasteiger partial charge in [0, 0.05) is 13.2 Å². The molecule has 0 aromatic carbocycles. The molecule has 0 saturated heterocycles. The number of aliphatic hydroxyl groups is 2. The lowest BCUT2D eigenvalue weighted by Crippen LogP contribution is -2.08. The van der Waals surface area contributed by atoms with Crippen LogP contribution in [0.15, 0.2) is 0 Å². The van der Waals surface area contributed by atoms with Crippen molar-refractivity contribution in [3.63, 3.8) is 0 Å². The predicted octanol–water partition coefficient (Wildman–Crippen LogP) is 5.03. The molecule has 0 fully saturated rings. The molecule has 0 aromatic rings. The lowest BCUT2D eigenvalue weighted by Gasteiger charge is -2.17. The standard InChI is InChI=1S/C19H40O2/c1-16(2)8-5-12-19(15-21)13-7-10-17(3)9-6-11-18(4)14-20/h16-21H,5-15H2,1-4H3. The summed E-state index contributed by atoms with van der Waals surface area (Å²) >= 11 is 0. The Morgan fingerprint density at radius 2 is 1.05 bits per heavy atom. The van der Waals surface area contributed by atoms with E-state index in [-0.39, 0.29) is 0 Å². The maximum Gasteiger partial charge on any atom is 0.0459 e. The van der Waals surface area contributed by atoms with Crippen LogP contribution in [0.4, 0.5) is 0 Å². The Hall–Kier alpha value is -0.0800. The van der Waals surface area contributed by atoms with E-state index in [0.29, 0.717) is 25.0 Å². The van der Waals surface area contributed by atoms with Crippen LogP contribution in [0.3, 0.4) is 0 Å². The fourth-order valence-corrected chi connectivity index (χ4v) is 2.95. The smallest absolute Gasteiger partial charge is 0.0459 e. The Labute approximate surface area is 133 Å². The van der Waals surface area contributed by atoms with Crippen LogP contribution in [0.5, 0.6) is 0 Å². The van der Waals surface area contributed by atoms with Gasteiger partial charge >= 0.3 is 0 Å². The molecule has 0 aliphatic carbocycles. The van der Waals surface area contributed by atoms with Crippen LogP contribution in [0.25, 0.3) is 0 Å². The van der Waals surface area contributed by atoms with Crippen molar-refractivity contribution in [2.45, 2.75) is 85.5 Å². The second kappa shape index (κ2) is 13.6. The maximum absolute atomic E-state index is 9.46. The molecule has 128 valence electrons. The van der Waals surface area contributed by atoms with E-state index in [2.05, 4.69) is 27.7 Å². The third-order valence-electron chi connectivity index (χ3n) is 4.67. The van der Waals surface area contributed by atoms with Gasteiger partial charge in [-0.2, -0.15) is 0 Å². The van der Waals surface area contributed by atoms with Crippen LogP contribution in [0.2, 0.25) is 0 Å². The maximum atomic E-state index is 9.46. The molecule has 0 bridgehead atoms. The van der Waals surface area contributed by atoms with E-state index < -0.39 is 0 Å². The normalized spacial score (nSPS) is 16.1. The molecule has 3 unspecified atom stereocenters. The predicted molar refractivity (Wildman–Crippen MR) is 92.4 cm³/mol. The van der Waals surface area contributed by atoms with E-state index in [0.717, 1.165) is 18.3 Å². The molecule has 0 spiro atoms. The quantitative estimate of drug-likeness (QED) is 0.472. The summed E-state index contributed by atoms with van der Waals surface area (Å²) in [6, 6.07) is 0. The van der Waals surface area contributed by atoms with Crippen LogP contribution in [0.1, 0.15) is 85.5 Å². The van der Waals surface area contributed by atoms with Crippen molar-refractivity contribution >= 4 is 0 Å². The molecule has 0 amide bonds. The summed E-state index contributed by atoms with van der Waals surface area (Å²) < 4.78 is 0. The molecule has 0 radical (unpaired) electrons. The largest absolute Gasteiger partial charge is 0.396 e. The molecule has 0 saturated carbocycles. The van der Waals surface area contributed by atoms with Crippen molar-refractivity contribution in [1.29, 1.82) is 0 Å². The number of rotatable bonds is 14. The van der Waals surface area contributed by atoms with Crippen LogP contribution in [-0.4, -0.2) is 23.4 Å². The summed E-state index contributed by atoms with van der Waals surface area (Å²) in [7, 11) is 0. The average molecular weight is 301 g/mol. The van der Waals surface area contributed by atoms with Crippen molar-refractivity contribution in [3.8, 4) is 0 Å². The Balaban J connectivity index is 3.59. The van der Waals surface area contributed by atoms with Gasteiger partial charge in [-0.1, -0.05) is 66.2 Å². The molecular formula is C19H40O2. The molecule has 0 aromatic heterocycles. The van der Waals surface area contributed by atoms with Gasteiger partial charge in [-0.3, -0.25) is 0 Å². The lowest BCUT2D eigenvalue weighted by molar-refractivity contribution is 0.200. The summed E-state index contributed by atoms with van der Waals surface area (Å²) in [5.74, 6) is 2.54. The molecule has 0 heterocycles. The van der Waals surface area contributed by atoms with Crippen molar-refractivity contribution in [3.05, 3.63) is 0 Å². The third-order valence-corrected chi connectivity index (χ3v) is 4.67. The zero-order valence-electron chi connectivity index (χ0n) is 15.0. The fraction of sp³-hybridized carbons (Fsp3) is 1.00. The summed E-state index contributed by atoms with van der Waals surface area (Å²) in [6.07, 6.45) is 11.1. The van der Waals surface area contributed by atoms with Gasteiger partial charge in [0.25, 0.3) is 0 Å². The minimum absolute atomic E-state index is 0.322. The summed E-state index contributed by atoms with van der Waals surface area (Å²) in [4.78, 5) is 0. The molecular weight excluding hydrogens is 260 g/mol. The summed E-state index contributed by atoms with van der Waals surface area (Å²) in [5, 5.41) is 18.5. The zero-order valence-corrected chi connectivity index (χ0v) is 15.0. The summed E-state index contributed by atoms with van der Waals surface area (Å²) in [5.41, 5.74) is 0. The Morgan fingerprint density at radius 1 is 0.571 bits per heavy atom. The van der Waals surface area contributed by atoms with E-state index in [4.69, 9.17) is 5.11 Å². The van der Waals surface area contributed by atoms with Gasteiger partial charge in [-0.05, 0) is 42.9 Å². The van der Waals surface area contributed by atoms with Gasteiger partial charge in [-0.25, -0.2) is 0 Å². The molecule has 21 heavy (non-hydrogen) atoms. The molecule has 0 aliphatic rings. The van der Waals surface area contributed by atoms with E-state index >= 15 is 0 Å². The highest BCUT2D eigenvalue weighted by Gasteiger charge is 2.10. The van der Waals surface area contributed by atoms with E-state index in [1.54, 1.807) is 0 Å². The molecule has 0 aliphatic heterocycles. The SMILES string of the molecule is CC(C)CCCC(CO)CCCC(C)CCCC(C)CO. The highest BCUT2D eigenvalue weighted by molar-refractivity contribution is 4.62. The van der Waals surface area contributed by atoms with Crippen molar-refractivity contribution in [2.24, 2.45) is 23.7 Å². The van der Waals surface area contributed by atoms with Gasteiger partial charge in [-0.15, -0.1) is 0 Å². The molecule has 3 atom stereocenters. The Bertz CT molecular complexity index is 216. The number of aliphatic hydroxyl groups excluding tert-OH is 2. The first-order chi connectivity index (χ1) is 9.99. The summed E-state index contributed by atoms with van der Waals surface area (Å²) in [6.45, 7) is 9.69. The first-order valence-corrected chi connectivity index (χ1v) is 9.21.